The zero-order valence-corrected chi connectivity index (χ0v) is 22.2. The summed E-state index contributed by atoms with van der Waals surface area (Å²) < 4.78 is 25.1. The maximum absolute atomic E-state index is 13.4. The number of pyridine rings is 1. The lowest BCUT2D eigenvalue weighted by Gasteiger charge is -2.34. The van der Waals surface area contributed by atoms with Gasteiger partial charge in [-0.3, -0.25) is 4.39 Å². The van der Waals surface area contributed by atoms with E-state index in [1.54, 1.807) is 31.5 Å². The first-order valence-corrected chi connectivity index (χ1v) is 13.1. The van der Waals surface area contributed by atoms with Gasteiger partial charge in [-0.1, -0.05) is 0 Å². The summed E-state index contributed by atoms with van der Waals surface area (Å²) in [6.45, 7) is 4.66. The molecule has 2 aromatic heterocycles. The van der Waals surface area contributed by atoms with Crippen LogP contribution in [0.2, 0.25) is 0 Å². The zero-order valence-electron chi connectivity index (χ0n) is 22.2. The van der Waals surface area contributed by atoms with Gasteiger partial charge in [0.05, 0.1) is 25.0 Å². The molecule has 39 heavy (non-hydrogen) atoms. The van der Waals surface area contributed by atoms with E-state index < -0.39 is 6.67 Å². The van der Waals surface area contributed by atoms with E-state index in [1.165, 1.54) is 0 Å². The maximum Gasteiger partial charge on any atom is 0.239 e. The van der Waals surface area contributed by atoms with Gasteiger partial charge < -0.3 is 29.9 Å². The molecule has 11 heteroatoms. The molecule has 2 N–H and O–H groups in total. The normalized spacial score (nSPS) is 19.8. The van der Waals surface area contributed by atoms with E-state index in [0.717, 1.165) is 44.0 Å². The van der Waals surface area contributed by atoms with E-state index in [1.807, 2.05) is 18.2 Å². The highest BCUT2D eigenvalue weighted by atomic mass is 19.1. The number of hydrogen-bond donors (Lipinski definition) is 2. The van der Waals surface area contributed by atoms with Crippen molar-refractivity contribution in [2.45, 2.75) is 12.5 Å². The molecular weight excluding hydrogens is 499 g/mol. The minimum Gasteiger partial charge on any atom is -0.489 e. The molecule has 0 amide bonds. The predicted molar refractivity (Wildman–Crippen MR) is 147 cm³/mol. The molecule has 4 heterocycles. The molecule has 2 fully saturated rings. The second-order valence-corrected chi connectivity index (χ2v) is 9.79. The molecule has 0 radical (unpaired) electrons. The predicted octanol–water partition coefficient (Wildman–Crippen LogP) is 3.24. The van der Waals surface area contributed by atoms with Crippen molar-refractivity contribution >= 4 is 17.5 Å². The van der Waals surface area contributed by atoms with Gasteiger partial charge in [0.1, 0.15) is 29.4 Å². The number of anilines is 3. The van der Waals surface area contributed by atoms with Crippen LogP contribution in [0.3, 0.4) is 0 Å². The number of nitrogens with one attached hydrogen (secondary N) is 2. The van der Waals surface area contributed by atoms with Gasteiger partial charge in [0.15, 0.2) is 0 Å². The van der Waals surface area contributed by atoms with Crippen molar-refractivity contribution in [2.75, 3.05) is 70.3 Å². The van der Waals surface area contributed by atoms with Gasteiger partial charge in [-0.25, -0.2) is 9.97 Å². The average Bonchev–Trinajstić information content (AvgIpc) is 2.98. The van der Waals surface area contributed by atoms with Gasteiger partial charge in [-0.05, 0) is 56.4 Å². The highest BCUT2D eigenvalue weighted by Gasteiger charge is 2.27. The lowest BCUT2D eigenvalue weighted by atomic mass is 9.97. The van der Waals surface area contributed by atoms with Crippen LogP contribution in [0.4, 0.5) is 21.8 Å². The van der Waals surface area contributed by atoms with Crippen LogP contribution in [-0.2, 0) is 0 Å². The molecule has 0 saturated carbocycles. The molecule has 1 aromatic carbocycles. The molecule has 5 rings (SSSR count). The van der Waals surface area contributed by atoms with Crippen LogP contribution < -0.4 is 25.0 Å². The number of likely N-dealkylation sites (N-methyl/N-ethyl adjacent to an activating group) is 1. The average molecular weight is 533 g/mol. The smallest absolute Gasteiger partial charge is 0.239 e. The van der Waals surface area contributed by atoms with Gasteiger partial charge in [0.25, 0.3) is 0 Å². The van der Waals surface area contributed by atoms with Crippen LogP contribution in [-0.4, -0.2) is 86.1 Å². The molecule has 0 bridgehead atoms. The van der Waals surface area contributed by atoms with Crippen LogP contribution in [0.5, 0.6) is 11.6 Å². The van der Waals surface area contributed by atoms with Crippen molar-refractivity contribution in [2.24, 2.45) is 5.92 Å². The second-order valence-electron chi connectivity index (χ2n) is 9.79. The fourth-order valence-corrected chi connectivity index (χ4v) is 4.89. The van der Waals surface area contributed by atoms with Crippen LogP contribution in [0.25, 0.3) is 11.3 Å². The van der Waals surface area contributed by atoms with Crippen molar-refractivity contribution in [3.05, 3.63) is 48.2 Å². The Balaban J connectivity index is 1.32. The Bertz CT molecular complexity index is 1330. The van der Waals surface area contributed by atoms with Crippen molar-refractivity contribution in [1.29, 1.82) is 5.26 Å². The summed E-state index contributed by atoms with van der Waals surface area (Å²) in [5.74, 6) is 1.69. The Morgan fingerprint density at radius 3 is 2.77 bits per heavy atom. The quantitative estimate of drug-likeness (QED) is 0.448. The molecule has 2 saturated heterocycles. The molecule has 2 atom stereocenters. The third-order valence-electron chi connectivity index (χ3n) is 7.18. The van der Waals surface area contributed by atoms with Gasteiger partial charge in [-0.15, -0.1) is 0 Å². The van der Waals surface area contributed by atoms with Crippen LogP contribution >= 0.6 is 0 Å². The topological polar surface area (TPSA) is 111 Å². The Morgan fingerprint density at radius 2 is 2.00 bits per heavy atom. The number of rotatable bonds is 8. The minimum atomic E-state index is -0.465. The standard InChI is InChI=1S/C28H33FN8O2/c1-36-11-13-37(14-12-36)23-4-6-26(34-27(23)38-2)35-28-32-10-7-22(33-28)19-3-5-24(20(15-19)17-30)39-25-8-9-31-18-21(25)16-29/h3-7,10,15,21,25,31H,8-9,11-14,16,18H2,1-2H3,(H,32,33,34,35)/t21-,25+/m1/s1. The van der Waals surface area contributed by atoms with E-state index in [9.17, 15) is 9.65 Å². The highest BCUT2D eigenvalue weighted by molar-refractivity contribution is 5.66. The maximum atomic E-state index is 13.4. The Hall–Kier alpha value is -4.01. The molecule has 2 aliphatic rings. The van der Waals surface area contributed by atoms with Crippen LogP contribution in [0, 0.1) is 17.2 Å². The van der Waals surface area contributed by atoms with Crippen molar-refractivity contribution in [1.82, 2.24) is 25.2 Å². The first-order chi connectivity index (χ1) is 19.1. The number of hydrogen-bond acceptors (Lipinski definition) is 10. The fraction of sp³-hybridized carbons (Fsp3) is 0.429. The molecule has 204 valence electrons. The van der Waals surface area contributed by atoms with Crippen molar-refractivity contribution in [3.8, 4) is 29.0 Å². The summed E-state index contributed by atoms with van der Waals surface area (Å²) in [5.41, 5.74) is 2.72. The summed E-state index contributed by atoms with van der Waals surface area (Å²) >= 11 is 0. The number of nitrogens with zero attached hydrogens (tertiary/aromatic N) is 6. The largest absolute Gasteiger partial charge is 0.489 e. The minimum absolute atomic E-state index is 0.233. The highest BCUT2D eigenvalue weighted by Crippen LogP contribution is 2.31. The van der Waals surface area contributed by atoms with Gasteiger partial charge in [0, 0.05) is 50.4 Å². The SMILES string of the molecule is COc1nc(Nc2nccc(-c3ccc(O[C@H]4CCNC[C@H]4CF)c(C#N)c3)n2)ccc1N1CCN(C)CC1. The molecule has 0 spiro atoms. The monoisotopic (exact) mass is 532 g/mol. The number of benzene rings is 1. The number of ether oxygens (including phenoxy) is 2. The summed E-state index contributed by atoms with van der Waals surface area (Å²) in [6.07, 6.45) is 2.07. The first kappa shape index (κ1) is 26.6. The Labute approximate surface area is 227 Å². The number of aromatic nitrogens is 3. The number of piperidine rings is 1. The summed E-state index contributed by atoms with van der Waals surface area (Å²) in [7, 11) is 3.74. The number of alkyl halides is 1. The van der Waals surface area contributed by atoms with Gasteiger partial charge >= 0.3 is 0 Å². The van der Waals surface area contributed by atoms with Crippen LogP contribution in [0.1, 0.15) is 12.0 Å². The van der Waals surface area contributed by atoms with Crippen molar-refractivity contribution < 1.29 is 13.9 Å². The molecular formula is C28H33FN8O2. The third-order valence-corrected chi connectivity index (χ3v) is 7.18. The van der Waals surface area contributed by atoms with Crippen molar-refractivity contribution in [3.63, 3.8) is 0 Å². The lowest BCUT2D eigenvalue weighted by molar-refractivity contribution is 0.0860. The van der Waals surface area contributed by atoms with E-state index in [2.05, 4.69) is 48.5 Å². The number of halogens is 1. The first-order valence-electron chi connectivity index (χ1n) is 13.1. The number of piperazine rings is 1. The molecule has 0 aliphatic carbocycles. The molecule has 0 unspecified atom stereocenters. The number of methoxy groups -OCH3 is 1. The third kappa shape index (κ3) is 6.19. The van der Waals surface area contributed by atoms with E-state index in [0.29, 0.717) is 47.6 Å². The van der Waals surface area contributed by atoms with E-state index in [-0.39, 0.29) is 12.0 Å². The van der Waals surface area contributed by atoms with E-state index in [4.69, 9.17) is 9.47 Å². The summed E-state index contributed by atoms with van der Waals surface area (Å²) in [5, 5.41) is 16.1. The van der Waals surface area contributed by atoms with Gasteiger partial charge in [-0.2, -0.15) is 10.2 Å². The lowest BCUT2D eigenvalue weighted by Crippen LogP contribution is -2.44. The Kier molecular flexibility index (Phi) is 8.34. The fourth-order valence-electron chi connectivity index (χ4n) is 4.89. The molecule has 3 aromatic rings. The number of nitriles is 1. The Morgan fingerprint density at radius 1 is 1.15 bits per heavy atom. The second kappa shape index (κ2) is 12.2. The van der Waals surface area contributed by atoms with Gasteiger partial charge in [0.2, 0.25) is 11.8 Å². The zero-order chi connectivity index (χ0) is 27.2. The summed E-state index contributed by atoms with van der Waals surface area (Å²) in [6, 6.07) is 13.2. The van der Waals surface area contributed by atoms with Crippen LogP contribution in [0.15, 0.2) is 42.6 Å². The van der Waals surface area contributed by atoms with E-state index >= 15 is 0 Å². The molecule has 10 nitrogen and oxygen atoms in total. The summed E-state index contributed by atoms with van der Waals surface area (Å²) in [4.78, 5) is 18.2. The molecule has 2 aliphatic heterocycles.